The van der Waals surface area contributed by atoms with Gasteiger partial charge in [0.05, 0.1) is 17.8 Å². The summed E-state index contributed by atoms with van der Waals surface area (Å²) in [6.45, 7) is 9.53. The Bertz CT molecular complexity index is 804. The van der Waals surface area contributed by atoms with Gasteiger partial charge >= 0.3 is 0 Å². The monoisotopic (exact) mass is 313 g/mol. The van der Waals surface area contributed by atoms with Crippen molar-refractivity contribution >= 4 is 5.82 Å². The SMILES string of the molecule is Cc1nc2c(c(=O)n1C)CN(c1ccnc(C(C)(C)C)n1)CC2. The van der Waals surface area contributed by atoms with Crippen molar-refractivity contribution in [3.8, 4) is 0 Å². The van der Waals surface area contributed by atoms with Gasteiger partial charge < -0.3 is 4.90 Å². The predicted octanol–water partition coefficient (Wildman–Crippen LogP) is 1.74. The van der Waals surface area contributed by atoms with E-state index in [1.807, 2.05) is 13.0 Å². The van der Waals surface area contributed by atoms with Gasteiger partial charge in [-0.2, -0.15) is 0 Å². The molecule has 6 heteroatoms. The van der Waals surface area contributed by atoms with E-state index < -0.39 is 0 Å². The van der Waals surface area contributed by atoms with Crippen LogP contribution < -0.4 is 10.5 Å². The van der Waals surface area contributed by atoms with Crippen LogP contribution in [0.1, 0.15) is 43.7 Å². The average molecular weight is 313 g/mol. The Balaban J connectivity index is 1.97. The number of aryl methyl sites for hydroxylation is 1. The summed E-state index contributed by atoms with van der Waals surface area (Å²) in [5.74, 6) is 2.45. The first kappa shape index (κ1) is 15.6. The molecule has 3 rings (SSSR count). The molecule has 0 saturated heterocycles. The minimum absolute atomic E-state index is 0.0438. The molecule has 0 fully saturated rings. The Morgan fingerprint density at radius 2 is 1.96 bits per heavy atom. The molecule has 0 unspecified atom stereocenters. The molecule has 2 aromatic rings. The summed E-state index contributed by atoms with van der Waals surface area (Å²) in [5.41, 5.74) is 1.65. The molecular weight excluding hydrogens is 290 g/mol. The number of nitrogens with zero attached hydrogens (tertiary/aromatic N) is 5. The van der Waals surface area contributed by atoms with E-state index in [9.17, 15) is 4.79 Å². The molecule has 0 spiro atoms. The largest absolute Gasteiger partial charge is 0.352 e. The third-order valence-corrected chi connectivity index (χ3v) is 4.30. The molecule has 3 heterocycles. The summed E-state index contributed by atoms with van der Waals surface area (Å²) in [7, 11) is 1.77. The van der Waals surface area contributed by atoms with E-state index in [1.54, 1.807) is 17.8 Å². The Morgan fingerprint density at radius 3 is 2.65 bits per heavy atom. The van der Waals surface area contributed by atoms with E-state index in [4.69, 9.17) is 4.98 Å². The summed E-state index contributed by atoms with van der Waals surface area (Å²) >= 11 is 0. The van der Waals surface area contributed by atoms with Gasteiger partial charge in [0.2, 0.25) is 0 Å². The molecule has 1 aliphatic heterocycles. The van der Waals surface area contributed by atoms with Crippen LogP contribution in [-0.2, 0) is 25.4 Å². The lowest BCUT2D eigenvalue weighted by Gasteiger charge is -2.30. The van der Waals surface area contributed by atoms with E-state index in [2.05, 4.69) is 35.6 Å². The molecule has 122 valence electrons. The van der Waals surface area contributed by atoms with Crippen molar-refractivity contribution in [3.05, 3.63) is 45.5 Å². The lowest BCUT2D eigenvalue weighted by atomic mass is 9.96. The summed E-state index contributed by atoms with van der Waals surface area (Å²) in [5, 5.41) is 0. The van der Waals surface area contributed by atoms with Crippen LogP contribution in [-0.4, -0.2) is 26.1 Å². The van der Waals surface area contributed by atoms with Crippen LogP contribution in [0.5, 0.6) is 0 Å². The third kappa shape index (κ3) is 2.85. The molecule has 0 aromatic carbocycles. The first-order valence-corrected chi connectivity index (χ1v) is 7.91. The van der Waals surface area contributed by atoms with Crippen molar-refractivity contribution in [3.63, 3.8) is 0 Å². The van der Waals surface area contributed by atoms with Gasteiger partial charge in [0.25, 0.3) is 5.56 Å². The maximum atomic E-state index is 12.5. The summed E-state index contributed by atoms with van der Waals surface area (Å²) < 4.78 is 1.61. The van der Waals surface area contributed by atoms with Crippen molar-refractivity contribution in [1.29, 1.82) is 0 Å². The summed E-state index contributed by atoms with van der Waals surface area (Å²) in [6.07, 6.45) is 2.56. The number of hydrogen-bond donors (Lipinski definition) is 0. The number of anilines is 1. The van der Waals surface area contributed by atoms with E-state index in [-0.39, 0.29) is 11.0 Å². The van der Waals surface area contributed by atoms with Crippen molar-refractivity contribution in [1.82, 2.24) is 19.5 Å². The molecule has 0 N–H and O–H groups in total. The lowest BCUT2D eigenvalue weighted by molar-refractivity contribution is 0.542. The predicted molar refractivity (Wildman–Crippen MR) is 89.7 cm³/mol. The minimum atomic E-state index is -0.0987. The van der Waals surface area contributed by atoms with Crippen molar-refractivity contribution in [2.75, 3.05) is 11.4 Å². The zero-order valence-corrected chi connectivity index (χ0v) is 14.4. The second-order valence-electron chi connectivity index (χ2n) is 7.11. The van der Waals surface area contributed by atoms with Gasteiger partial charge in [0, 0.05) is 31.6 Å². The molecule has 0 atom stereocenters. The van der Waals surface area contributed by atoms with Gasteiger partial charge in [0.1, 0.15) is 17.5 Å². The quantitative estimate of drug-likeness (QED) is 0.802. The Labute approximate surface area is 136 Å². The van der Waals surface area contributed by atoms with E-state index >= 15 is 0 Å². The van der Waals surface area contributed by atoms with Gasteiger partial charge in [0.15, 0.2) is 0 Å². The molecule has 0 bridgehead atoms. The molecule has 1 aliphatic rings. The zero-order valence-electron chi connectivity index (χ0n) is 14.4. The smallest absolute Gasteiger partial charge is 0.258 e. The summed E-state index contributed by atoms with van der Waals surface area (Å²) in [6, 6.07) is 1.91. The second kappa shape index (κ2) is 5.44. The van der Waals surface area contributed by atoms with Crippen LogP contribution in [0.15, 0.2) is 17.1 Å². The van der Waals surface area contributed by atoms with Gasteiger partial charge in [-0.3, -0.25) is 9.36 Å². The molecule has 23 heavy (non-hydrogen) atoms. The van der Waals surface area contributed by atoms with E-state index in [1.165, 1.54) is 0 Å². The molecule has 2 aromatic heterocycles. The maximum absolute atomic E-state index is 12.5. The van der Waals surface area contributed by atoms with Gasteiger partial charge in [-0.25, -0.2) is 15.0 Å². The standard InChI is InChI=1S/C17H23N5O/c1-11-19-13-7-9-22(10-12(13)15(23)21(11)5)14-6-8-18-16(20-14)17(2,3)4/h6,8H,7,9-10H2,1-5H3. The lowest BCUT2D eigenvalue weighted by Crippen LogP contribution is -2.38. The number of rotatable bonds is 1. The van der Waals surface area contributed by atoms with Gasteiger partial charge in [-0.05, 0) is 13.0 Å². The van der Waals surface area contributed by atoms with E-state index in [0.29, 0.717) is 6.54 Å². The molecular formula is C17H23N5O. The molecule has 0 radical (unpaired) electrons. The maximum Gasteiger partial charge on any atom is 0.258 e. The fraction of sp³-hybridized carbons (Fsp3) is 0.529. The highest BCUT2D eigenvalue weighted by molar-refractivity contribution is 5.42. The highest BCUT2D eigenvalue weighted by Gasteiger charge is 2.24. The number of hydrogen-bond acceptors (Lipinski definition) is 5. The first-order valence-electron chi connectivity index (χ1n) is 7.91. The minimum Gasteiger partial charge on any atom is -0.352 e. The molecule has 0 aliphatic carbocycles. The van der Waals surface area contributed by atoms with Crippen molar-refractivity contribution in [2.45, 2.75) is 46.1 Å². The van der Waals surface area contributed by atoms with E-state index in [0.717, 1.165) is 41.7 Å². The van der Waals surface area contributed by atoms with Crippen LogP contribution in [0, 0.1) is 6.92 Å². The summed E-state index contributed by atoms with van der Waals surface area (Å²) in [4.78, 5) is 28.3. The highest BCUT2D eigenvalue weighted by Crippen LogP contribution is 2.23. The Morgan fingerprint density at radius 1 is 1.22 bits per heavy atom. The highest BCUT2D eigenvalue weighted by atomic mass is 16.1. The van der Waals surface area contributed by atoms with Crippen LogP contribution in [0.4, 0.5) is 5.82 Å². The third-order valence-electron chi connectivity index (χ3n) is 4.30. The molecule has 0 saturated carbocycles. The normalized spacial score (nSPS) is 14.7. The van der Waals surface area contributed by atoms with Crippen LogP contribution >= 0.6 is 0 Å². The number of aromatic nitrogens is 4. The van der Waals surface area contributed by atoms with Crippen LogP contribution in [0.25, 0.3) is 0 Å². The van der Waals surface area contributed by atoms with Crippen LogP contribution in [0.3, 0.4) is 0 Å². The Kier molecular flexibility index (Phi) is 3.70. The first-order chi connectivity index (χ1) is 10.8. The van der Waals surface area contributed by atoms with Gasteiger partial charge in [-0.15, -0.1) is 0 Å². The average Bonchev–Trinajstić information content (AvgIpc) is 2.52. The van der Waals surface area contributed by atoms with Crippen LogP contribution in [0.2, 0.25) is 0 Å². The van der Waals surface area contributed by atoms with Gasteiger partial charge in [-0.1, -0.05) is 20.8 Å². The fourth-order valence-corrected chi connectivity index (χ4v) is 2.77. The Hall–Kier alpha value is -2.24. The topological polar surface area (TPSA) is 63.9 Å². The number of fused-ring (bicyclic) bond motifs is 1. The van der Waals surface area contributed by atoms with Crippen molar-refractivity contribution in [2.24, 2.45) is 7.05 Å². The van der Waals surface area contributed by atoms with Crippen molar-refractivity contribution < 1.29 is 0 Å². The second-order valence-corrected chi connectivity index (χ2v) is 7.11. The fourth-order valence-electron chi connectivity index (χ4n) is 2.77. The molecule has 0 amide bonds. The zero-order chi connectivity index (χ0) is 16.8. The molecule has 6 nitrogen and oxygen atoms in total.